The Morgan fingerprint density at radius 1 is 1.23 bits per heavy atom. The highest BCUT2D eigenvalue weighted by molar-refractivity contribution is 5.85. The number of nitrogens with zero attached hydrogens (tertiary/aromatic N) is 4. The Hall–Kier alpha value is -2.09. The molecule has 2 fully saturated rings. The highest BCUT2D eigenvalue weighted by Crippen LogP contribution is 2.38. The lowest BCUT2D eigenvalue weighted by Gasteiger charge is -2.33. The SMILES string of the molecule is CN=C(NCC1CCN(Cc2nc(C)c(C)o2)CC1)NCC1(C(=O)N(C)C)CCCC1. The number of carbonyl (C=O) groups is 1. The van der Waals surface area contributed by atoms with Crippen LogP contribution in [0.4, 0.5) is 0 Å². The molecule has 0 spiro atoms. The largest absolute Gasteiger partial charge is 0.444 e. The summed E-state index contributed by atoms with van der Waals surface area (Å²) in [6, 6.07) is 0. The molecule has 1 saturated heterocycles. The highest BCUT2D eigenvalue weighted by atomic mass is 16.4. The molecule has 0 radical (unpaired) electrons. The predicted molar refractivity (Wildman–Crippen MR) is 123 cm³/mol. The minimum absolute atomic E-state index is 0.233. The molecule has 31 heavy (non-hydrogen) atoms. The lowest BCUT2D eigenvalue weighted by molar-refractivity contribution is -0.138. The molecule has 174 valence electrons. The van der Waals surface area contributed by atoms with Crippen molar-refractivity contribution in [2.45, 2.75) is 58.9 Å². The quantitative estimate of drug-likeness (QED) is 0.508. The molecule has 0 bridgehead atoms. The van der Waals surface area contributed by atoms with Crippen LogP contribution in [0.2, 0.25) is 0 Å². The zero-order valence-electron chi connectivity index (χ0n) is 20.0. The number of piperidine rings is 1. The van der Waals surface area contributed by atoms with E-state index in [1.807, 2.05) is 27.9 Å². The van der Waals surface area contributed by atoms with E-state index in [1.165, 1.54) is 0 Å². The first-order valence-electron chi connectivity index (χ1n) is 11.6. The molecule has 2 aliphatic rings. The number of aliphatic imine (C=N–C) groups is 1. The van der Waals surface area contributed by atoms with Crippen molar-refractivity contribution in [1.82, 2.24) is 25.4 Å². The number of oxazole rings is 1. The van der Waals surface area contributed by atoms with Gasteiger partial charge in [-0.25, -0.2) is 4.98 Å². The average molecular weight is 433 g/mol. The molecular weight excluding hydrogens is 392 g/mol. The fourth-order valence-corrected chi connectivity index (χ4v) is 4.85. The van der Waals surface area contributed by atoms with Crippen LogP contribution in [0.15, 0.2) is 9.41 Å². The van der Waals surface area contributed by atoms with Crippen LogP contribution in [-0.4, -0.2) is 74.0 Å². The van der Waals surface area contributed by atoms with E-state index in [-0.39, 0.29) is 11.3 Å². The van der Waals surface area contributed by atoms with Crippen molar-refractivity contribution in [2.24, 2.45) is 16.3 Å². The van der Waals surface area contributed by atoms with E-state index in [2.05, 4.69) is 25.5 Å². The molecule has 1 aromatic rings. The maximum Gasteiger partial charge on any atom is 0.230 e. The number of aryl methyl sites for hydroxylation is 2. The first-order chi connectivity index (χ1) is 14.8. The summed E-state index contributed by atoms with van der Waals surface area (Å²) in [6.07, 6.45) is 6.45. The lowest BCUT2D eigenvalue weighted by Crippen LogP contribution is -2.50. The van der Waals surface area contributed by atoms with Gasteiger partial charge in [-0.2, -0.15) is 0 Å². The number of carbonyl (C=O) groups excluding carboxylic acids is 1. The summed E-state index contributed by atoms with van der Waals surface area (Å²) in [5, 5.41) is 6.93. The van der Waals surface area contributed by atoms with E-state index in [4.69, 9.17) is 4.42 Å². The monoisotopic (exact) mass is 432 g/mol. The number of nitrogens with one attached hydrogen (secondary N) is 2. The van der Waals surface area contributed by atoms with Gasteiger partial charge in [-0.1, -0.05) is 12.8 Å². The molecule has 1 aliphatic carbocycles. The fraction of sp³-hybridized carbons (Fsp3) is 0.783. The van der Waals surface area contributed by atoms with Crippen LogP contribution in [0.1, 0.15) is 55.9 Å². The van der Waals surface area contributed by atoms with E-state index >= 15 is 0 Å². The van der Waals surface area contributed by atoms with Gasteiger partial charge in [0, 0.05) is 34.2 Å². The summed E-state index contributed by atoms with van der Waals surface area (Å²) in [6.45, 7) is 8.41. The standard InChI is InChI=1S/C23H40N6O2/c1-17-18(2)31-20(27-17)15-29-12-8-19(9-13-29)14-25-22(24-3)26-16-23(10-6-7-11-23)21(30)28(4)5/h19H,6-16H2,1-5H3,(H2,24,25,26). The Morgan fingerprint density at radius 2 is 1.90 bits per heavy atom. The minimum Gasteiger partial charge on any atom is -0.444 e. The lowest BCUT2D eigenvalue weighted by atomic mass is 9.84. The van der Waals surface area contributed by atoms with Gasteiger partial charge in [0.05, 0.1) is 17.7 Å². The summed E-state index contributed by atoms with van der Waals surface area (Å²) in [7, 11) is 5.51. The fourth-order valence-electron chi connectivity index (χ4n) is 4.85. The zero-order chi connectivity index (χ0) is 22.4. The van der Waals surface area contributed by atoms with Gasteiger partial charge in [0.2, 0.25) is 11.8 Å². The van der Waals surface area contributed by atoms with Crippen molar-refractivity contribution in [3.63, 3.8) is 0 Å². The Morgan fingerprint density at radius 3 is 2.45 bits per heavy atom. The number of guanidine groups is 1. The van der Waals surface area contributed by atoms with Gasteiger partial charge in [0.15, 0.2) is 5.96 Å². The third-order valence-corrected chi connectivity index (χ3v) is 6.94. The third kappa shape index (κ3) is 5.99. The molecule has 0 atom stereocenters. The predicted octanol–water partition coefficient (Wildman–Crippen LogP) is 2.32. The number of hydrogen-bond acceptors (Lipinski definition) is 5. The number of hydrogen-bond donors (Lipinski definition) is 2. The van der Waals surface area contributed by atoms with Crippen molar-refractivity contribution in [3.8, 4) is 0 Å². The van der Waals surface area contributed by atoms with Crippen molar-refractivity contribution >= 4 is 11.9 Å². The van der Waals surface area contributed by atoms with Gasteiger partial charge in [-0.15, -0.1) is 0 Å². The summed E-state index contributed by atoms with van der Waals surface area (Å²) in [5.74, 6) is 3.39. The van der Waals surface area contributed by atoms with Crippen LogP contribution in [0.25, 0.3) is 0 Å². The van der Waals surface area contributed by atoms with Crippen LogP contribution in [0.3, 0.4) is 0 Å². The van der Waals surface area contributed by atoms with E-state index in [1.54, 1.807) is 11.9 Å². The second kappa shape index (κ2) is 10.5. The van der Waals surface area contributed by atoms with E-state index in [9.17, 15) is 4.79 Å². The summed E-state index contributed by atoms with van der Waals surface area (Å²) < 4.78 is 5.73. The smallest absolute Gasteiger partial charge is 0.230 e. The van der Waals surface area contributed by atoms with Crippen LogP contribution in [-0.2, 0) is 11.3 Å². The van der Waals surface area contributed by atoms with Crippen LogP contribution in [0.5, 0.6) is 0 Å². The van der Waals surface area contributed by atoms with Gasteiger partial charge in [0.1, 0.15) is 5.76 Å². The molecule has 2 N–H and O–H groups in total. The van der Waals surface area contributed by atoms with Gasteiger partial charge in [-0.3, -0.25) is 14.7 Å². The number of likely N-dealkylation sites (tertiary alicyclic amines) is 1. The molecule has 1 aromatic heterocycles. The Balaban J connectivity index is 1.41. The van der Waals surface area contributed by atoms with Gasteiger partial charge in [0.25, 0.3) is 0 Å². The number of amides is 1. The molecule has 1 saturated carbocycles. The van der Waals surface area contributed by atoms with Crippen molar-refractivity contribution < 1.29 is 9.21 Å². The maximum absolute atomic E-state index is 12.8. The van der Waals surface area contributed by atoms with Crippen LogP contribution >= 0.6 is 0 Å². The molecule has 8 nitrogen and oxygen atoms in total. The molecule has 0 aromatic carbocycles. The maximum atomic E-state index is 12.8. The molecule has 1 amide bonds. The molecular formula is C23H40N6O2. The summed E-state index contributed by atoms with van der Waals surface area (Å²) >= 11 is 0. The Kier molecular flexibility index (Phi) is 7.97. The highest BCUT2D eigenvalue weighted by Gasteiger charge is 2.42. The molecule has 1 aliphatic heterocycles. The van der Waals surface area contributed by atoms with E-state index in [0.29, 0.717) is 12.5 Å². The van der Waals surface area contributed by atoms with Crippen molar-refractivity contribution in [3.05, 3.63) is 17.3 Å². The topological polar surface area (TPSA) is 86.0 Å². The summed E-state index contributed by atoms with van der Waals surface area (Å²) in [5.41, 5.74) is 0.697. The molecule has 3 rings (SSSR count). The van der Waals surface area contributed by atoms with Crippen LogP contribution in [0, 0.1) is 25.2 Å². The first kappa shape index (κ1) is 23.6. The summed E-state index contributed by atoms with van der Waals surface area (Å²) in [4.78, 5) is 25.8. The Bertz CT molecular complexity index is 739. The minimum atomic E-state index is -0.289. The van der Waals surface area contributed by atoms with Crippen molar-refractivity contribution in [2.75, 3.05) is 47.3 Å². The second-order valence-corrected chi connectivity index (χ2v) is 9.46. The van der Waals surface area contributed by atoms with Gasteiger partial charge < -0.3 is 20.0 Å². The molecule has 8 heteroatoms. The van der Waals surface area contributed by atoms with E-state index in [0.717, 1.165) is 88.0 Å². The van der Waals surface area contributed by atoms with Crippen molar-refractivity contribution in [1.29, 1.82) is 0 Å². The number of rotatable bonds is 7. The zero-order valence-corrected chi connectivity index (χ0v) is 20.0. The third-order valence-electron chi connectivity index (χ3n) is 6.94. The number of aromatic nitrogens is 1. The Labute approximate surface area is 186 Å². The van der Waals surface area contributed by atoms with Gasteiger partial charge >= 0.3 is 0 Å². The van der Waals surface area contributed by atoms with E-state index < -0.39 is 0 Å². The normalized spacial score (nSPS) is 20.1. The van der Waals surface area contributed by atoms with Gasteiger partial charge in [-0.05, 0) is 58.5 Å². The molecule has 0 unspecified atom stereocenters. The average Bonchev–Trinajstić information content (AvgIpc) is 3.35. The molecule has 2 heterocycles. The first-order valence-corrected chi connectivity index (χ1v) is 11.6. The second-order valence-electron chi connectivity index (χ2n) is 9.46. The van der Waals surface area contributed by atoms with Crippen LogP contribution < -0.4 is 10.6 Å².